The minimum Gasteiger partial charge on any atom is -0.495 e. The highest BCUT2D eigenvalue weighted by atomic mass is 35.5. The van der Waals surface area contributed by atoms with Gasteiger partial charge in [-0.25, -0.2) is 4.79 Å². The van der Waals surface area contributed by atoms with Crippen LogP contribution in [0, 0.1) is 0 Å². The maximum Gasteiger partial charge on any atom is 0.339 e. The van der Waals surface area contributed by atoms with Crippen molar-refractivity contribution in [1.82, 2.24) is 0 Å². The fourth-order valence-electron chi connectivity index (χ4n) is 2.61. The van der Waals surface area contributed by atoms with E-state index in [9.17, 15) is 9.90 Å². The Bertz CT molecular complexity index is 513. The van der Waals surface area contributed by atoms with Gasteiger partial charge >= 0.3 is 5.97 Å². The Hall–Kier alpha value is -1.26. The maximum absolute atomic E-state index is 11.7. The number of aliphatic hydroxyl groups excluding tert-OH is 1. The van der Waals surface area contributed by atoms with Gasteiger partial charge in [-0.3, -0.25) is 0 Å². The van der Waals surface area contributed by atoms with E-state index in [0.29, 0.717) is 16.3 Å². The van der Waals surface area contributed by atoms with Gasteiger partial charge in [0.2, 0.25) is 0 Å². The molecule has 1 aliphatic carbocycles. The standard InChI is InChI=1S/C15H19ClO4/c1-3-20-15(18)13(17)11-8-9-6-4-5-7-10(9)12(16)14(11)19-2/h8,13,17H,3-7H2,1-2H3. The van der Waals surface area contributed by atoms with E-state index in [1.165, 1.54) is 7.11 Å². The Balaban J connectivity index is 2.46. The predicted molar refractivity (Wildman–Crippen MR) is 76.2 cm³/mol. The van der Waals surface area contributed by atoms with Crippen molar-refractivity contribution in [2.45, 2.75) is 38.7 Å². The van der Waals surface area contributed by atoms with Crippen LogP contribution in [0.3, 0.4) is 0 Å². The zero-order valence-electron chi connectivity index (χ0n) is 11.7. The van der Waals surface area contributed by atoms with Crippen LogP contribution in [-0.4, -0.2) is 24.8 Å². The van der Waals surface area contributed by atoms with Crippen LogP contribution in [0.4, 0.5) is 0 Å². The average Bonchev–Trinajstić information content (AvgIpc) is 2.46. The van der Waals surface area contributed by atoms with E-state index in [1.807, 2.05) is 6.07 Å². The van der Waals surface area contributed by atoms with Gasteiger partial charge in [0.15, 0.2) is 6.10 Å². The zero-order valence-corrected chi connectivity index (χ0v) is 12.5. The van der Waals surface area contributed by atoms with Crippen molar-refractivity contribution in [3.63, 3.8) is 0 Å². The molecule has 5 heteroatoms. The Kier molecular flexibility index (Phi) is 4.89. The molecule has 4 nitrogen and oxygen atoms in total. The third kappa shape index (κ3) is 2.76. The summed E-state index contributed by atoms with van der Waals surface area (Å²) in [5, 5.41) is 10.6. The first kappa shape index (κ1) is 15.1. The summed E-state index contributed by atoms with van der Waals surface area (Å²) < 4.78 is 10.1. The summed E-state index contributed by atoms with van der Waals surface area (Å²) in [5.74, 6) is -0.314. The molecule has 1 aliphatic rings. The summed E-state index contributed by atoms with van der Waals surface area (Å²) >= 11 is 6.37. The number of hydrogen-bond donors (Lipinski definition) is 1. The molecule has 1 aromatic rings. The first-order chi connectivity index (χ1) is 9.60. The van der Waals surface area contributed by atoms with E-state index in [2.05, 4.69) is 0 Å². The lowest BCUT2D eigenvalue weighted by Gasteiger charge is -2.23. The van der Waals surface area contributed by atoms with Gasteiger partial charge < -0.3 is 14.6 Å². The molecule has 1 aromatic carbocycles. The Morgan fingerprint density at radius 3 is 2.80 bits per heavy atom. The third-order valence-electron chi connectivity index (χ3n) is 3.58. The van der Waals surface area contributed by atoms with Crippen LogP contribution in [0.15, 0.2) is 6.07 Å². The number of fused-ring (bicyclic) bond motifs is 1. The SMILES string of the molecule is CCOC(=O)C(O)c1cc2c(c(Cl)c1OC)CCCC2. The largest absolute Gasteiger partial charge is 0.495 e. The number of aliphatic hydroxyl groups is 1. The number of hydrogen-bond acceptors (Lipinski definition) is 4. The minimum atomic E-state index is -1.37. The van der Waals surface area contributed by atoms with E-state index in [4.69, 9.17) is 21.1 Å². The monoisotopic (exact) mass is 298 g/mol. The Morgan fingerprint density at radius 1 is 1.45 bits per heavy atom. The smallest absolute Gasteiger partial charge is 0.339 e. The highest BCUT2D eigenvalue weighted by molar-refractivity contribution is 6.33. The lowest BCUT2D eigenvalue weighted by molar-refractivity contribution is -0.153. The third-order valence-corrected chi connectivity index (χ3v) is 3.98. The van der Waals surface area contributed by atoms with Crippen LogP contribution in [-0.2, 0) is 22.4 Å². The number of carbonyl (C=O) groups is 1. The van der Waals surface area contributed by atoms with Crippen LogP contribution in [0.25, 0.3) is 0 Å². The van der Waals surface area contributed by atoms with Crippen molar-refractivity contribution in [2.75, 3.05) is 13.7 Å². The van der Waals surface area contributed by atoms with Crippen molar-refractivity contribution in [1.29, 1.82) is 0 Å². The van der Waals surface area contributed by atoms with E-state index in [0.717, 1.165) is 36.8 Å². The van der Waals surface area contributed by atoms with Crippen molar-refractivity contribution >= 4 is 17.6 Å². The first-order valence-corrected chi connectivity index (χ1v) is 7.20. The number of carbonyl (C=O) groups excluding carboxylic acids is 1. The summed E-state index contributed by atoms with van der Waals surface area (Å²) in [6.07, 6.45) is 2.62. The molecule has 0 aliphatic heterocycles. The van der Waals surface area contributed by atoms with Crippen molar-refractivity contribution in [3.8, 4) is 5.75 Å². The molecular formula is C15H19ClO4. The van der Waals surface area contributed by atoms with Crippen LogP contribution in [0.1, 0.15) is 42.6 Å². The van der Waals surface area contributed by atoms with Crippen molar-refractivity contribution < 1.29 is 19.4 Å². The minimum absolute atomic E-state index is 0.219. The van der Waals surface area contributed by atoms with Gasteiger partial charge in [-0.15, -0.1) is 0 Å². The molecule has 1 unspecified atom stereocenters. The molecule has 0 saturated carbocycles. The van der Waals surface area contributed by atoms with Gasteiger partial charge in [0.25, 0.3) is 0 Å². The van der Waals surface area contributed by atoms with Gasteiger partial charge in [0, 0.05) is 5.56 Å². The highest BCUT2D eigenvalue weighted by Crippen LogP contribution is 2.40. The molecule has 1 atom stereocenters. The molecule has 0 aromatic heterocycles. The number of benzene rings is 1. The molecule has 2 rings (SSSR count). The molecule has 20 heavy (non-hydrogen) atoms. The van der Waals surface area contributed by atoms with Crippen LogP contribution >= 0.6 is 11.6 Å². The Labute approximate surface area is 123 Å². The van der Waals surface area contributed by atoms with Crippen LogP contribution < -0.4 is 4.74 Å². The Morgan fingerprint density at radius 2 is 2.15 bits per heavy atom. The molecule has 0 fully saturated rings. The average molecular weight is 299 g/mol. The number of rotatable bonds is 4. The lowest BCUT2D eigenvalue weighted by atomic mass is 9.88. The summed E-state index contributed by atoms with van der Waals surface area (Å²) in [4.78, 5) is 11.7. The highest BCUT2D eigenvalue weighted by Gasteiger charge is 2.27. The normalized spacial score (nSPS) is 15.4. The number of aryl methyl sites for hydroxylation is 1. The van der Waals surface area contributed by atoms with Crippen molar-refractivity contribution in [3.05, 3.63) is 27.8 Å². The van der Waals surface area contributed by atoms with Gasteiger partial charge in [0.1, 0.15) is 5.75 Å². The van der Waals surface area contributed by atoms with E-state index in [1.54, 1.807) is 6.92 Å². The van der Waals surface area contributed by atoms with Crippen molar-refractivity contribution in [2.24, 2.45) is 0 Å². The topological polar surface area (TPSA) is 55.8 Å². The molecular weight excluding hydrogens is 280 g/mol. The predicted octanol–water partition coefficient (Wildman–Crippen LogP) is 2.82. The molecule has 0 amide bonds. The number of esters is 1. The second kappa shape index (κ2) is 6.46. The van der Waals surface area contributed by atoms with Crippen LogP contribution in [0.2, 0.25) is 5.02 Å². The second-order valence-corrected chi connectivity index (χ2v) is 5.19. The summed E-state index contributed by atoms with van der Waals surface area (Å²) in [7, 11) is 1.48. The van der Waals surface area contributed by atoms with E-state index in [-0.39, 0.29) is 6.61 Å². The number of methoxy groups -OCH3 is 1. The van der Waals surface area contributed by atoms with E-state index >= 15 is 0 Å². The summed E-state index contributed by atoms with van der Waals surface area (Å²) in [6.45, 7) is 1.92. The number of halogens is 1. The molecule has 110 valence electrons. The van der Waals surface area contributed by atoms with Gasteiger partial charge in [-0.05, 0) is 49.8 Å². The molecule has 1 N–H and O–H groups in total. The maximum atomic E-state index is 11.7. The van der Waals surface area contributed by atoms with Gasteiger partial charge in [-0.2, -0.15) is 0 Å². The molecule has 0 heterocycles. The quantitative estimate of drug-likeness (QED) is 0.869. The van der Waals surface area contributed by atoms with Crippen LogP contribution in [0.5, 0.6) is 5.75 Å². The molecule has 0 radical (unpaired) electrons. The molecule has 0 saturated heterocycles. The van der Waals surface area contributed by atoms with E-state index < -0.39 is 12.1 Å². The van der Waals surface area contributed by atoms with Gasteiger partial charge in [0.05, 0.1) is 18.7 Å². The molecule has 0 spiro atoms. The molecule has 0 bridgehead atoms. The fourth-order valence-corrected chi connectivity index (χ4v) is 3.02. The lowest BCUT2D eigenvalue weighted by Crippen LogP contribution is -2.17. The number of ether oxygens (including phenoxy) is 2. The summed E-state index contributed by atoms with van der Waals surface area (Å²) in [5.41, 5.74) is 2.53. The first-order valence-electron chi connectivity index (χ1n) is 6.83. The summed E-state index contributed by atoms with van der Waals surface area (Å²) in [6, 6.07) is 1.82. The van der Waals surface area contributed by atoms with Gasteiger partial charge in [-0.1, -0.05) is 11.6 Å². The zero-order chi connectivity index (χ0) is 14.7. The fraction of sp³-hybridized carbons (Fsp3) is 0.533. The second-order valence-electron chi connectivity index (χ2n) is 4.81.